The second kappa shape index (κ2) is 13.5. The summed E-state index contributed by atoms with van der Waals surface area (Å²) in [6.45, 7) is 1.77. The van der Waals surface area contributed by atoms with Gasteiger partial charge in [-0.1, -0.05) is 91.0 Å². The zero-order valence-corrected chi connectivity index (χ0v) is 25.9. The Kier molecular flexibility index (Phi) is 9.68. The first-order chi connectivity index (χ1) is 21.2. The van der Waals surface area contributed by atoms with Crippen molar-refractivity contribution in [3.8, 4) is 0 Å². The van der Waals surface area contributed by atoms with Crippen molar-refractivity contribution in [1.29, 1.82) is 0 Å². The van der Waals surface area contributed by atoms with Crippen LogP contribution < -0.4 is 5.73 Å². The van der Waals surface area contributed by atoms with E-state index in [9.17, 15) is 19.5 Å². The van der Waals surface area contributed by atoms with Crippen LogP contribution in [0.25, 0.3) is 0 Å². The van der Waals surface area contributed by atoms with Crippen LogP contribution in [0.2, 0.25) is 0 Å². The van der Waals surface area contributed by atoms with Gasteiger partial charge in [-0.05, 0) is 42.9 Å². The smallest absolute Gasteiger partial charge is 0.340 e. The Balaban J connectivity index is 1.62. The van der Waals surface area contributed by atoms with E-state index in [-0.39, 0.29) is 44.9 Å². The van der Waals surface area contributed by atoms with Crippen molar-refractivity contribution < 1.29 is 28.8 Å². The number of likely N-dealkylation sites (tertiary alicyclic amines) is 2. The fourth-order valence-electron chi connectivity index (χ4n) is 6.55. The van der Waals surface area contributed by atoms with E-state index in [4.69, 9.17) is 10.5 Å². The molecule has 2 heterocycles. The van der Waals surface area contributed by atoms with E-state index in [1.807, 2.05) is 91.0 Å². The summed E-state index contributed by atoms with van der Waals surface area (Å²) in [4.78, 5) is 44.8. The molecule has 10 heteroatoms. The number of rotatable bonds is 10. The zero-order chi connectivity index (χ0) is 31.3. The third-order valence-corrected chi connectivity index (χ3v) is 12.4. The second-order valence-electron chi connectivity index (χ2n) is 11.8. The van der Waals surface area contributed by atoms with Gasteiger partial charge >= 0.3 is 5.97 Å². The van der Waals surface area contributed by atoms with Gasteiger partial charge in [0.05, 0.1) is 12.1 Å². The van der Waals surface area contributed by atoms with Crippen molar-refractivity contribution in [2.45, 2.75) is 68.6 Å². The van der Waals surface area contributed by atoms with Crippen molar-refractivity contribution in [3.63, 3.8) is 0 Å². The fourth-order valence-corrected chi connectivity index (χ4v) is 10.4. The summed E-state index contributed by atoms with van der Waals surface area (Å²) < 4.78 is 21.8. The molecular formula is C34H40N3O6P. The summed E-state index contributed by atoms with van der Waals surface area (Å²) in [5.74, 6) is -1.81. The second-order valence-corrected chi connectivity index (χ2v) is 14.9. The molecule has 3 aromatic carbocycles. The van der Waals surface area contributed by atoms with Gasteiger partial charge in [0.25, 0.3) is 0 Å². The fraction of sp³-hybridized carbons (Fsp3) is 0.382. The minimum Gasteiger partial charge on any atom is -0.459 e. The zero-order valence-electron chi connectivity index (χ0n) is 25.0. The molecule has 44 heavy (non-hydrogen) atoms. The lowest BCUT2D eigenvalue weighted by Gasteiger charge is -2.44. The van der Waals surface area contributed by atoms with E-state index < -0.39 is 48.4 Å². The van der Waals surface area contributed by atoms with Crippen molar-refractivity contribution in [2.24, 2.45) is 5.73 Å². The molecule has 4 atom stereocenters. The number of carbonyl (C=O) groups excluding carboxylic acids is 3. The minimum absolute atomic E-state index is 0.0541. The summed E-state index contributed by atoms with van der Waals surface area (Å²) in [6.07, 6.45) is -0.297. The maximum atomic E-state index is 15.8. The number of aliphatic hydroxyl groups excluding tert-OH is 1. The molecule has 2 saturated heterocycles. The molecule has 0 radical (unpaired) electrons. The molecule has 3 aromatic rings. The first-order valence-electron chi connectivity index (χ1n) is 15.1. The third-order valence-electron chi connectivity index (χ3n) is 8.69. The van der Waals surface area contributed by atoms with Crippen molar-refractivity contribution in [2.75, 3.05) is 13.1 Å². The molecule has 0 aliphatic carbocycles. The summed E-state index contributed by atoms with van der Waals surface area (Å²) >= 11 is 0. The number of hydrogen-bond donors (Lipinski definition) is 2. The van der Waals surface area contributed by atoms with Crippen LogP contribution >= 0.6 is 7.14 Å². The number of carbonyl (C=O) groups is 3. The molecule has 2 fully saturated rings. The molecule has 5 rings (SSSR count). The lowest BCUT2D eigenvalue weighted by atomic mass is 10.1. The Morgan fingerprint density at radius 1 is 0.909 bits per heavy atom. The molecule has 0 unspecified atom stereocenters. The summed E-state index contributed by atoms with van der Waals surface area (Å²) in [5.41, 5.74) is 8.20. The molecule has 0 aromatic heterocycles. The first-order valence-corrected chi connectivity index (χ1v) is 17.2. The molecule has 2 aliphatic heterocycles. The highest BCUT2D eigenvalue weighted by Crippen LogP contribution is 2.68. The van der Waals surface area contributed by atoms with E-state index in [0.717, 1.165) is 16.7 Å². The monoisotopic (exact) mass is 617 g/mol. The quantitative estimate of drug-likeness (QED) is 0.259. The number of aliphatic hydroxyl groups is 1. The molecule has 3 N–H and O–H groups in total. The van der Waals surface area contributed by atoms with E-state index in [2.05, 4.69) is 0 Å². The van der Waals surface area contributed by atoms with E-state index in [1.165, 1.54) is 16.7 Å². The van der Waals surface area contributed by atoms with Crippen molar-refractivity contribution in [3.05, 3.63) is 108 Å². The van der Waals surface area contributed by atoms with Crippen LogP contribution in [0.5, 0.6) is 0 Å². The molecule has 0 saturated carbocycles. The SMILES string of the molecule is C[C@H](N)C(=O)N1CC[C@H](O)[C@H]1C(=O)N1CCC[C@]1(C(=O)OCc1ccccc1)P(=O)(Cc1ccccc1)Cc1ccccc1. The van der Waals surface area contributed by atoms with Crippen molar-refractivity contribution >= 4 is 24.9 Å². The Hall–Kier alpha value is -3.78. The third kappa shape index (κ3) is 6.23. The topological polar surface area (TPSA) is 130 Å². The number of esters is 1. The lowest BCUT2D eigenvalue weighted by Crippen LogP contribution is -2.61. The summed E-state index contributed by atoms with van der Waals surface area (Å²) in [6, 6.07) is 25.7. The summed E-state index contributed by atoms with van der Waals surface area (Å²) in [7, 11) is -3.73. The Morgan fingerprint density at radius 2 is 1.43 bits per heavy atom. The van der Waals surface area contributed by atoms with Gasteiger partial charge in [0.15, 0.2) is 5.28 Å². The molecule has 232 valence electrons. The lowest BCUT2D eigenvalue weighted by molar-refractivity contribution is -0.160. The molecule has 0 bridgehead atoms. The van der Waals surface area contributed by atoms with Crippen LogP contribution in [0.4, 0.5) is 0 Å². The van der Waals surface area contributed by atoms with Crippen LogP contribution in [0.1, 0.15) is 42.9 Å². The van der Waals surface area contributed by atoms with E-state index in [1.54, 1.807) is 0 Å². The van der Waals surface area contributed by atoms with Crippen molar-refractivity contribution in [1.82, 2.24) is 9.80 Å². The van der Waals surface area contributed by atoms with Crippen LogP contribution in [0.3, 0.4) is 0 Å². The van der Waals surface area contributed by atoms with Gasteiger partial charge in [-0.3, -0.25) is 9.59 Å². The molecule has 9 nitrogen and oxygen atoms in total. The Bertz CT molecular complexity index is 1460. The number of nitrogens with two attached hydrogens (primary N) is 1. The van der Waals surface area contributed by atoms with Crippen LogP contribution in [-0.4, -0.2) is 69.2 Å². The predicted molar refractivity (Wildman–Crippen MR) is 168 cm³/mol. The molecule has 2 amide bonds. The number of nitrogens with zero attached hydrogens (tertiary/aromatic N) is 2. The Labute approximate surface area is 258 Å². The number of amides is 2. The van der Waals surface area contributed by atoms with Gasteiger partial charge in [-0.25, -0.2) is 4.79 Å². The highest BCUT2D eigenvalue weighted by molar-refractivity contribution is 7.65. The highest BCUT2D eigenvalue weighted by Gasteiger charge is 2.63. The van der Waals surface area contributed by atoms with Gasteiger partial charge in [0.1, 0.15) is 19.8 Å². The maximum absolute atomic E-state index is 15.8. The molecular weight excluding hydrogens is 577 g/mol. The standard InChI is InChI=1S/C34H40N3O6P/c1-25(35)31(39)36-21-18-29(38)30(36)32(40)37-20-11-19-34(37,33(41)43-22-26-12-5-2-6-13-26)44(42,23-27-14-7-3-8-15-27)24-28-16-9-4-10-17-28/h2-10,12-17,25,29-30,38H,11,18-24,35H2,1H3/t25-,29-,30-,34+/m0/s1. The normalized spacial score (nSPS) is 22.5. The summed E-state index contributed by atoms with van der Waals surface area (Å²) in [5, 5.41) is 9.18. The van der Waals surface area contributed by atoms with Crippen LogP contribution in [0, 0.1) is 0 Å². The van der Waals surface area contributed by atoms with Gasteiger partial charge in [-0.2, -0.15) is 0 Å². The Morgan fingerprint density at radius 3 is 1.95 bits per heavy atom. The van der Waals surface area contributed by atoms with E-state index in [0.29, 0.717) is 6.42 Å². The number of ether oxygens (including phenoxy) is 1. The van der Waals surface area contributed by atoms with Gasteiger partial charge in [-0.15, -0.1) is 0 Å². The number of hydrogen-bond acceptors (Lipinski definition) is 7. The van der Waals surface area contributed by atoms with Crippen LogP contribution in [-0.2, 0) is 42.6 Å². The highest BCUT2D eigenvalue weighted by atomic mass is 31.2. The maximum Gasteiger partial charge on any atom is 0.340 e. The average Bonchev–Trinajstić information content (AvgIpc) is 3.66. The van der Waals surface area contributed by atoms with Crippen LogP contribution in [0.15, 0.2) is 91.0 Å². The average molecular weight is 618 g/mol. The van der Waals surface area contributed by atoms with E-state index >= 15 is 4.57 Å². The van der Waals surface area contributed by atoms with Gasteiger partial charge in [0, 0.05) is 25.4 Å². The molecule has 0 spiro atoms. The first kappa shape index (κ1) is 31.6. The molecule has 2 aliphatic rings. The largest absolute Gasteiger partial charge is 0.459 e. The predicted octanol–water partition coefficient (Wildman–Crippen LogP) is 4.12. The van der Waals surface area contributed by atoms with Gasteiger partial charge < -0.3 is 29.9 Å². The minimum atomic E-state index is -3.73. The van der Waals surface area contributed by atoms with Gasteiger partial charge in [0.2, 0.25) is 11.8 Å². The number of benzene rings is 3.